The Balaban J connectivity index is 2.84. The van der Waals surface area contributed by atoms with Gasteiger partial charge in [0, 0.05) is 18.3 Å². The fraction of sp³-hybridized carbons (Fsp3) is 0.700. The highest BCUT2D eigenvalue weighted by molar-refractivity contribution is 5.15. The van der Waals surface area contributed by atoms with Crippen LogP contribution in [0.4, 0.5) is 0 Å². The van der Waals surface area contributed by atoms with Gasteiger partial charge in [-0.05, 0) is 12.3 Å². The quantitative estimate of drug-likeness (QED) is 0.713. The van der Waals surface area contributed by atoms with Gasteiger partial charge in [0.05, 0.1) is 7.11 Å². The predicted molar refractivity (Wildman–Crippen MR) is 53.0 cm³/mol. The van der Waals surface area contributed by atoms with Gasteiger partial charge in [0.25, 0.3) is 0 Å². The van der Waals surface area contributed by atoms with Crippen LogP contribution in [0.2, 0.25) is 0 Å². The summed E-state index contributed by atoms with van der Waals surface area (Å²) in [4.78, 5) is 0. The van der Waals surface area contributed by atoms with Crippen molar-refractivity contribution in [2.24, 2.45) is 5.92 Å². The molecule has 13 heavy (non-hydrogen) atoms. The number of nitrogens with zero attached hydrogens (tertiary/aromatic N) is 2. The largest absolute Gasteiger partial charge is 0.480 e. The Hall–Kier alpha value is -0.990. The van der Waals surface area contributed by atoms with Gasteiger partial charge in [-0.15, -0.1) is 5.10 Å². The van der Waals surface area contributed by atoms with Crippen LogP contribution in [0, 0.1) is 5.92 Å². The zero-order valence-electron chi connectivity index (χ0n) is 8.87. The van der Waals surface area contributed by atoms with Gasteiger partial charge in [-0.3, -0.25) is 4.68 Å². The normalized spacial score (nSPS) is 10.8. The highest BCUT2D eigenvalue weighted by Crippen LogP contribution is 2.13. The Bertz CT molecular complexity index is 266. The van der Waals surface area contributed by atoms with Crippen molar-refractivity contribution in [3.63, 3.8) is 0 Å². The molecule has 0 atom stereocenters. The van der Waals surface area contributed by atoms with Crippen molar-refractivity contribution in [2.45, 2.75) is 33.7 Å². The van der Waals surface area contributed by atoms with Gasteiger partial charge < -0.3 is 4.74 Å². The van der Waals surface area contributed by atoms with Crippen molar-refractivity contribution < 1.29 is 4.74 Å². The molecule has 0 aliphatic heterocycles. The summed E-state index contributed by atoms with van der Waals surface area (Å²) in [5, 5.41) is 4.33. The molecule has 0 N–H and O–H groups in total. The van der Waals surface area contributed by atoms with E-state index in [0.29, 0.717) is 5.92 Å². The van der Waals surface area contributed by atoms with Crippen LogP contribution in [0.3, 0.4) is 0 Å². The third-order valence-corrected chi connectivity index (χ3v) is 1.95. The Morgan fingerprint density at radius 1 is 1.54 bits per heavy atom. The van der Waals surface area contributed by atoms with E-state index in [1.807, 2.05) is 10.7 Å². The summed E-state index contributed by atoms with van der Waals surface area (Å²) in [6.07, 6.45) is 1.00. The van der Waals surface area contributed by atoms with E-state index in [0.717, 1.165) is 18.8 Å². The minimum Gasteiger partial charge on any atom is -0.480 e. The van der Waals surface area contributed by atoms with Crippen molar-refractivity contribution in [1.29, 1.82) is 0 Å². The topological polar surface area (TPSA) is 27.1 Å². The maximum absolute atomic E-state index is 5.09. The number of aromatic nitrogens is 2. The van der Waals surface area contributed by atoms with Gasteiger partial charge in [-0.25, -0.2) is 0 Å². The van der Waals surface area contributed by atoms with E-state index in [1.54, 1.807) is 7.11 Å². The summed E-state index contributed by atoms with van der Waals surface area (Å²) >= 11 is 0. The summed E-state index contributed by atoms with van der Waals surface area (Å²) in [7, 11) is 1.65. The van der Waals surface area contributed by atoms with Crippen LogP contribution < -0.4 is 4.74 Å². The van der Waals surface area contributed by atoms with Gasteiger partial charge in [0.1, 0.15) is 0 Å². The number of rotatable bonds is 4. The van der Waals surface area contributed by atoms with E-state index in [1.165, 1.54) is 5.69 Å². The SMILES string of the molecule is CCc1cc(OC)nn1CC(C)C. The van der Waals surface area contributed by atoms with E-state index in [2.05, 4.69) is 25.9 Å². The highest BCUT2D eigenvalue weighted by atomic mass is 16.5. The summed E-state index contributed by atoms with van der Waals surface area (Å²) in [6, 6.07) is 2.00. The van der Waals surface area contributed by atoms with E-state index >= 15 is 0 Å². The minimum absolute atomic E-state index is 0.620. The molecule has 0 spiro atoms. The molecule has 3 nitrogen and oxygen atoms in total. The van der Waals surface area contributed by atoms with Gasteiger partial charge in [0.2, 0.25) is 5.88 Å². The average molecular weight is 182 g/mol. The summed E-state index contributed by atoms with van der Waals surface area (Å²) in [5.41, 5.74) is 1.24. The second kappa shape index (κ2) is 4.30. The minimum atomic E-state index is 0.620. The molecule has 1 aromatic rings. The Morgan fingerprint density at radius 2 is 2.23 bits per heavy atom. The van der Waals surface area contributed by atoms with Crippen molar-refractivity contribution in [2.75, 3.05) is 7.11 Å². The molecule has 0 aliphatic rings. The molecule has 0 unspecified atom stereocenters. The first kappa shape index (κ1) is 10.1. The smallest absolute Gasteiger partial charge is 0.232 e. The third kappa shape index (κ3) is 2.47. The molecule has 0 saturated carbocycles. The lowest BCUT2D eigenvalue weighted by Gasteiger charge is -2.07. The van der Waals surface area contributed by atoms with Crippen LogP contribution in [-0.2, 0) is 13.0 Å². The molecular formula is C10H18N2O. The molecule has 0 saturated heterocycles. The Labute approximate surface area is 79.7 Å². The number of methoxy groups -OCH3 is 1. The van der Waals surface area contributed by atoms with Gasteiger partial charge in [-0.1, -0.05) is 20.8 Å². The molecule has 0 amide bonds. The number of hydrogen-bond donors (Lipinski definition) is 0. The highest BCUT2D eigenvalue weighted by Gasteiger charge is 2.07. The summed E-state index contributed by atoms with van der Waals surface area (Å²) in [5.74, 6) is 1.34. The standard InChI is InChI=1S/C10H18N2O/c1-5-9-6-10(13-4)11-12(9)7-8(2)3/h6,8H,5,7H2,1-4H3. The summed E-state index contributed by atoms with van der Waals surface area (Å²) < 4.78 is 7.12. The maximum atomic E-state index is 5.09. The van der Waals surface area contributed by atoms with E-state index < -0.39 is 0 Å². The lowest BCUT2D eigenvalue weighted by Crippen LogP contribution is -2.09. The molecule has 3 heteroatoms. The molecule has 0 aliphatic carbocycles. The van der Waals surface area contributed by atoms with Crippen LogP contribution in [-0.4, -0.2) is 16.9 Å². The molecule has 0 aromatic carbocycles. The fourth-order valence-electron chi connectivity index (χ4n) is 1.32. The van der Waals surface area contributed by atoms with Crippen LogP contribution in [0.25, 0.3) is 0 Å². The number of aryl methyl sites for hydroxylation is 1. The monoisotopic (exact) mass is 182 g/mol. The second-order valence-electron chi connectivity index (χ2n) is 3.61. The van der Waals surface area contributed by atoms with Crippen LogP contribution in [0.5, 0.6) is 5.88 Å². The van der Waals surface area contributed by atoms with Crippen molar-refractivity contribution in [3.8, 4) is 5.88 Å². The van der Waals surface area contributed by atoms with Crippen LogP contribution >= 0.6 is 0 Å². The van der Waals surface area contributed by atoms with E-state index in [9.17, 15) is 0 Å². The lowest BCUT2D eigenvalue weighted by molar-refractivity contribution is 0.380. The van der Waals surface area contributed by atoms with Crippen LogP contribution in [0.15, 0.2) is 6.07 Å². The van der Waals surface area contributed by atoms with Crippen molar-refractivity contribution in [3.05, 3.63) is 11.8 Å². The Kier molecular flexibility index (Phi) is 3.34. The molecule has 0 fully saturated rings. The predicted octanol–water partition coefficient (Wildman–Crippen LogP) is 2.11. The van der Waals surface area contributed by atoms with Crippen molar-refractivity contribution in [1.82, 2.24) is 9.78 Å². The molecule has 1 aromatic heterocycles. The maximum Gasteiger partial charge on any atom is 0.232 e. The lowest BCUT2D eigenvalue weighted by atomic mass is 10.2. The van der Waals surface area contributed by atoms with Crippen molar-refractivity contribution >= 4 is 0 Å². The zero-order chi connectivity index (χ0) is 9.84. The molecule has 0 radical (unpaired) electrons. The molecule has 1 heterocycles. The number of hydrogen-bond acceptors (Lipinski definition) is 2. The molecule has 74 valence electrons. The number of ether oxygens (including phenoxy) is 1. The first-order valence-electron chi connectivity index (χ1n) is 4.78. The molecule has 0 bridgehead atoms. The third-order valence-electron chi connectivity index (χ3n) is 1.95. The van der Waals surface area contributed by atoms with Crippen LogP contribution in [0.1, 0.15) is 26.5 Å². The zero-order valence-corrected chi connectivity index (χ0v) is 8.87. The first-order chi connectivity index (χ1) is 6.17. The fourth-order valence-corrected chi connectivity index (χ4v) is 1.32. The average Bonchev–Trinajstić information content (AvgIpc) is 2.46. The van der Waals surface area contributed by atoms with Gasteiger partial charge >= 0.3 is 0 Å². The Morgan fingerprint density at radius 3 is 2.69 bits per heavy atom. The molecule has 1 rings (SSSR count). The summed E-state index contributed by atoms with van der Waals surface area (Å²) in [6.45, 7) is 7.47. The second-order valence-corrected chi connectivity index (χ2v) is 3.61. The van der Waals surface area contributed by atoms with E-state index in [4.69, 9.17) is 4.74 Å². The van der Waals surface area contributed by atoms with Gasteiger partial charge in [0.15, 0.2) is 0 Å². The van der Waals surface area contributed by atoms with E-state index in [-0.39, 0.29) is 0 Å². The molecular weight excluding hydrogens is 164 g/mol. The first-order valence-corrected chi connectivity index (χ1v) is 4.78. The van der Waals surface area contributed by atoms with Gasteiger partial charge in [-0.2, -0.15) is 0 Å².